The fourth-order valence-electron chi connectivity index (χ4n) is 2.36. The minimum absolute atomic E-state index is 0.0208. The molecule has 2 rings (SSSR count). The summed E-state index contributed by atoms with van der Waals surface area (Å²) in [5, 5.41) is 0. The van der Waals surface area contributed by atoms with Crippen molar-refractivity contribution >= 4 is 0 Å². The van der Waals surface area contributed by atoms with Crippen LogP contribution in [0.1, 0.15) is 43.5 Å². The smallest absolute Gasteiger partial charge is 0.118 e. The van der Waals surface area contributed by atoms with Crippen LogP contribution in [0, 0.1) is 0 Å². The molecule has 112 valence electrons. The molecule has 0 saturated heterocycles. The summed E-state index contributed by atoms with van der Waals surface area (Å²) in [6.07, 6.45) is 0.832. The van der Waals surface area contributed by atoms with E-state index in [1.807, 2.05) is 12.1 Å². The number of benzene rings is 2. The summed E-state index contributed by atoms with van der Waals surface area (Å²) in [5.74, 6) is 0.877. The Labute approximate surface area is 127 Å². The molecular weight excluding hydrogens is 258 g/mol. The van der Waals surface area contributed by atoms with Gasteiger partial charge in [0.25, 0.3) is 0 Å². The first kappa shape index (κ1) is 15.6. The molecule has 2 aromatic carbocycles. The van der Waals surface area contributed by atoms with E-state index in [1.165, 1.54) is 16.7 Å². The molecule has 0 radical (unpaired) electrons. The summed E-state index contributed by atoms with van der Waals surface area (Å²) in [4.78, 5) is 0. The molecule has 2 heteroatoms. The number of rotatable bonds is 4. The monoisotopic (exact) mass is 283 g/mol. The van der Waals surface area contributed by atoms with Crippen LogP contribution in [-0.4, -0.2) is 7.11 Å². The average Bonchev–Trinajstić information content (AvgIpc) is 2.47. The Morgan fingerprint density at radius 1 is 0.952 bits per heavy atom. The SMILES string of the molecule is COc1ccc(CC(N)c2ccc(C(C)(C)C)cc2)cc1. The van der Waals surface area contributed by atoms with Crippen LogP contribution < -0.4 is 10.5 Å². The predicted molar refractivity (Wildman–Crippen MR) is 88.8 cm³/mol. The van der Waals surface area contributed by atoms with E-state index in [9.17, 15) is 0 Å². The van der Waals surface area contributed by atoms with Crippen molar-refractivity contribution in [3.63, 3.8) is 0 Å². The second-order valence-corrected chi connectivity index (χ2v) is 6.53. The van der Waals surface area contributed by atoms with Gasteiger partial charge in [0, 0.05) is 6.04 Å². The van der Waals surface area contributed by atoms with Crippen LogP contribution in [0.3, 0.4) is 0 Å². The second-order valence-electron chi connectivity index (χ2n) is 6.53. The lowest BCUT2D eigenvalue weighted by Gasteiger charge is -2.20. The highest BCUT2D eigenvalue weighted by molar-refractivity contribution is 5.32. The molecule has 0 spiro atoms. The molecule has 21 heavy (non-hydrogen) atoms. The Kier molecular flexibility index (Phi) is 4.69. The number of methoxy groups -OCH3 is 1. The largest absolute Gasteiger partial charge is 0.497 e. The number of nitrogens with two attached hydrogens (primary N) is 1. The van der Waals surface area contributed by atoms with Crippen molar-refractivity contribution in [1.82, 2.24) is 0 Å². The fourth-order valence-corrected chi connectivity index (χ4v) is 2.36. The first-order valence-electron chi connectivity index (χ1n) is 7.39. The minimum atomic E-state index is 0.0208. The molecule has 0 bridgehead atoms. The summed E-state index contributed by atoms with van der Waals surface area (Å²) in [5.41, 5.74) is 10.2. The van der Waals surface area contributed by atoms with Gasteiger partial charge in [-0.2, -0.15) is 0 Å². The molecular formula is C19H25NO. The van der Waals surface area contributed by atoms with Crippen LogP contribution in [0.2, 0.25) is 0 Å². The first-order chi connectivity index (χ1) is 9.90. The molecule has 1 atom stereocenters. The van der Waals surface area contributed by atoms with Crippen molar-refractivity contribution in [2.45, 2.75) is 38.6 Å². The fraction of sp³-hybridized carbons (Fsp3) is 0.368. The lowest BCUT2D eigenvalue weighted by Crippen LogP contribution is -2.15. The van der Waals surface area contributed by atoms with Crippen molar-refractivity contribution in [3.8, 4) is 5.75 Å². The molecule has 0 saturated carbocycles. The quantitative estimate of drug-likeness (QED) is 0.911. The normalized spacial score (nSPS) is 13.0. The highest BCUT2D eigenvalue weighted by Crippen LogP contribution is 2.24. The molecule has 0 aromatic heterocycles. The van der Waals surface area contributed by atoms with Crippen LogP contribution in [-0.2, 0) is 11.8 Å². The van der Waals surface area contributed by atoms with E-state index in [0.29, 0.717) is 0 Å². The lowest BCUT2D eigenvalue weighted by atomic mass is 9.86. The van der Waals surface area contributed by atoms with E-state index < -0.39 is 0 Å². The Morgan fingerprint density at radius 3 is 2.00 bits per heavy atom. The van der Waals surface area contributed by atoms with Crippen molar-refractivity contribution < 1.29 is 4.74 Å². The predicted octanol–water partition coefficient (Wildman–Crippen LogP) is 4.24. The molecule has 0 amide bonds. The van der Waals surface area contributed by atoms with Crippen LogP contribution in [0.5, 0.6) is 5.75 Å². The van der Waals surface area contributed by atoms with E-state index in [2.05, 4.69) is 57.2 Å². The summed E-state index contributed by atoms with van der Waals surface area (Å²) in [7, 11) is 1.68. The van der Waals surface area contributed by atoms with E-state index in [-0.39, 0.29) is 11.5 Å². The molecule has 0 aliphatic rings. The van der Waals surface area contributed by atoms with Gasteiger partial charge in [0.1, 0.15) is 5.75 Å². The summed E-state index contributed by atoms with van der Waals surface area (Å²) >= 11 is 0. The Bertz CT molecular complexity index is 564. The average molecular weight is 283 g/mol. The highest BCUT2D eigenvalue weighted by Gasteiger charge is 2.14. The van der Waals surface area contributed by atoms with E-state index in [4.69, 9.17) is 10.5 Å². The molecule has 2 aromatic rings. The van der Waals surface area contributed by atoms with Gasteiger partial charge in [-0.3, -0.25) is 0 Å². The van der Waals surface area contributed by atoms with Gasteiger partial charge >= 0.3 is 0 Å². The minimum Gasteiger partial charge on any atom is -0.497 e. The van der Waals surface area contributed by atoms with Crippen LogP contribution >= 0.6 is 0 Å². The standard InChI is InChI=1S/C19H25NO/c1-19(2,3)16-9-7-15(8-10-16)18(20)13-14-5-11-17(21-4)12-6-14/h5-12,18H,13,20H2,1-4H3. The molecule has 0 aliphatic carbocycles. The maximum Gasteiger partial charge on any atom is 0.118 e. The second kappa shape index (κ2) is 6.31. The maximum absolute atomic E-state index is 6.33. The van der Waals surface area contributed by atoms with Gasteiger partial charge in [0.05, 0.1) is 7.11 Å². The van der Waals surface area contributed by atoms with Crippen molar-refractivity contribution in [1.29, 1.82) is 0 Å². The summed E-state index contributed by atoms with van der Waals surface area (Å²) in [6.45, 7) is 6.66. The molecule has 0 aliphatic heterocycles. The number of hydrogen-bond donors (Lipinski definition) is 1. The van der Waals surface area contributed by atoms with Gasteiger partial charge in [-0.05, 0) is 40.7 Å². The zero-order valence-corrected chi connectivity index (χ0v) is 13.4. The third kappa shape index (κ3) is 4.08. The first-order valence-corrected chi connectivity index (χ1v) is 7.39. The van der Waals surface area contributed by atoms with Gasteiger partial charge in [-0.25, -0.2) is 0 Å². The Morgan fingerprint density at radius 2 is 1.52 bits per heavy atom. The third-order valence-corrected chi connectivity index (χ3v) is 3.82. The summed E-state index contributed by atoms with van der Waals surface area (Å²) < 4.78 is 5.17. The lowest BCUT2D eigenvalue weighted by molar-refractivity contribution is 0.414. The van der Waals surface area contributed by atoms with E-state index in [0.717, 1.165) is 12.2 Å². The molecule has 2 nitrogen and oxygen atoms in total. The zero-order chi connectivity index (χ0) is 15.5. The van der Waals surface area contributed by atoms with Crippen LogP contribution in [0.4, 0.5) is 0 Å². The maximum atomic E-state index is 6.33. The van der Waals surface area contributed by atoms with Gasteiger partial charge in [-0.1, -0.05) is 57.2 Å². The molecule has 0 heterocycles. The zero-order valence-electron chi connectivity index (χ0n) is 13.4. The summed E-state index contributed by atoms with van der Waals surface area (Å²) in [6, 6.07) is 16.8. The molecule has 1 unspecified atom stereocenters. The molecule has 0 fully saturated rings. The number of ether oxygens (including phenoxy) is 1. The van der Waals surface area contributed by atoms with E-state index >= 15 is 0 Å². The van der Waals surface area contributed by atoms with Gasteiger partial charge < -0.3 is 10.5 Å². The van der Waals surface area contributed by atoms with E-state index in [1.54, 1.807) is 7.11 Å². The van der Waals surface area contributed by atoms with Crippen molar-refractivity contribution in [3.05, 3.63) is 65.2 Å². The highest BCUT2D eigenvalue weighted by atomic mass is 16.5. The topological polar surface area (TPSA) is 35.2 Å². The van der Waals surface area contributed by atoms with Gasteiger partial charge in [0.15, 0.2) is 0 Å². The van der Waals surface area contributed by atoms with Crippen LogP contribution in [0.15, 0.2) is 48.5 Å². The van der Waals surface area contributed by atoms with Gasteiger partial charge in [0.2, 0.25) is 0 Å². The van der Waals surface area contributed by atoms with Crippen LogP contribution in [0.25, 0.3) is 0 Å². The van der Waals surface area contributed by atoms with Crippen molar-refractivity contribution in [2.24, 2.45) is 5.73 Å². The van der Waals surface area contributed by atoms with Gasteiger partial charge in [-0.15, -0.1) is 0 Å². The van der Waals surface area contributed by atoms with Crippen molar-refractivity contribution in [2.75, 3.05) is 7.11 Å². The molecule has 2 N–H and O–H groups in total. The Balaban J connectivity index is 2.07. The third-order valence-electron chi connectivity index (χ3n) is 3.82. The number of hydrogen-bond acceptors (Lipinski definition) is 2. The Hall–Kier alpha value is -1.80.